The first-order valence-corrected chi connectivity index (χ1v) is 7.49. The summed E-state index contributed by atoms with van der Waals surface area (Å²) in [6.07, 6.45) is 2.50. The average molecular weight is 307 g/mol. The molecule has 1 atom stereocenters. The van der Waals surface area contributed by atoms with Crippen molar-refractivity contribution >= 4 is 17.5 Å². The molecule has 1 aromatic heterocycles. The number of benzene rings is 1. The van der Waals surface area contributed by atoms with Crippen LogP contribution in [-0.2, 0) is 6.42 Å². The van der Waals surface area contributed by atoms with Gasteiger partial charge < -0.3 is 5.32 Å². The molecule has 5 nitrogen and oxygen atoms in total. The lowest BCUT2D eigenvalue weighted by Crippen LogP contribution is -2.29. The molecule has 1 aromatic carbocycles. The molecule has 0 spiro atoms. The molecule has 1 unspecified atom stereocenters. The Balaban J connectivity index is 2.08. The summed E-state index contributed by atoms with van der Waals surface area (Å²) in [5.74, 6) is 0.637. The number of hydrogen-bond donors (Lipinski definition) is 2. The van der Waals surface area contributed by atoms with E-state index in [1.165, 1.54) is 0 Å². The number of amides is 1. The van der Waals surface area contributed by atoms with Gasteiger partial charge in [0.2, 0.25) is 5.82 Å². The van der Waals surface area contributed by atoms with Crippen molar-refractivity contribution in [2.45, 2.75) is 39.2 Å². The molecular weight excluding hydrogens is 288 g/mol. The highest BCUT2D eigenvalue weighted by Crippen LogP contribution is 2.20. The number of aromatic nitrogens is 3. The average Bonchev–Trinajstić information content (AvgIpc) is 2.93. The normalized spacial score (nSPS) is 12.1. The lowest BCUT2D eigenvalue weighted by Gasteiger charge is -2.16. The van der Waals surface area contributed by atoms with Gasteiger partial charge in [-0.25, -0.2) is 4.98 Å². The topological polar surface area (TPSA) is 70.7 Å². The van der Waals surface area contributed by atoms with Crippen molar-refractivity contribution in [2.24, 2.45) is 0 Å². The Morgan fingerprint density at radius 3 is 2.90 bits per heavy atom. The van der Waals surface area contributed by atoms with Gasteiger partial charge in [-0.1, -0.05) is 37.6 Å². The van der Waals surface area contributed by atoms with Crippen LogP contribution in [0.4, 0.5) is 0 Å². The van der Waals surface area contributed by atoms with Gasteiger partial charge in [0.25, 0.3) is 5.91 Å². The maximum Gasteiger partial charge on any atom is 0.291 e. The summed E-state index contributed by atoms with van der Waals surface area (Å²) in [4.78, 5) is 16.4. The van der Waals surface area contributed by atoms with E-state index in [0.29, 0.717) is 5.02 Å². The first kappa shape index (κ1) is 15.5. The quantitative estimate of drug-likeness (QED) is 0.860. The summed E-state index contributed by atoms with van der Waals surface area (Å²) in [5, 5.41) is 10.3. The predicted molar refractivity (Wildman–Crippen MR) is 82.3 cm³/mol. The number of carbonyl (C=O) groups is 1. The van der Waals surface area contributed by atoms with Crippen molar-refractivity contribution in [3.05, 3.63) is 46.5 Å². The van der Waals surface area contributed by atoms with Crippen LogP contribution in [-0.4, -0.2) is 21.1 Å². The van der Waals surface area contributed by atoms with E-state index in [-0.39, 0.29) is 17.8 Å². The SMILES string of the molecule is CCCc1nc(C(=O)NC(CC)c2cccc(Cl)c2)n[nH]1. The zero-order chi connectivity index (χ0) is 15.2. The minimum Gasteiger partial charge on any atom is -0.342 e. The highest BCUT2D eigenvalue weighted by molar-refractivity contribution is 6.30. The van der Waals surface area contributed by atoms with Gasteiger partial charge in [-0.3, -0.25) is 9.89 Å². The van der Waals surface area contributed by atoms with Crippen LogP contribution in [0.1, 0.15) is 54.7 Å². The maximum atomic E-state index is 12.2. The first-order valence-electron chi connectivity index (χ1n) is 7.11. The Bertz CT molecular complexity index is 611. The van der Waals surface area contributed by atoms with Crippen LogP contribution in [0.5, 0.6) is 0 Å². The standard InChI is InChI=1S/C15H19ClN4O/c1-3-6-13-18-14(20-19-13)15(21)17-12(4-2)10-7-5-8-11(16)9-10/h5,7-9,12H,3-4,6H2,1-2H3,(H,17,21)(H,18,19,20). The van der Waals surface area contributed by atoms with Gasteiger partial charge in [0, 0.05) is 11.4 Å². The van der Waals surface area contributed by atoms with Crippen LogP contribution in [0.2, 0.25) is 5.02 Å². The second kappa shape index (κ2) is 7.22. The molecule has 0 aliphatic heterocycles. The minimum atomic E-state index is -0.277. The molecule has 0 saturated heterocycles. The third-order valence-corrected chi connectivity index (χ3v) is 3.42. The lowest BCUT2D eigenvalue weighted by atomic mass is 10.0. The zero-order valence-corrected chi connectivity index (χ0v) is 12.9. The van der Waals surface area contributed by atoms with Crippen LogP contribution >= 0.6 is 11.6 Å². The molecule has 21 heavy (non-hydrogen) atoms. The number of rotatable bonds is 6. The highest BCUT2D eigenvalue weighted by Gasteiger charge is 2.17. The summed E-state index contributed by atoms with van der Waals surface area (Å²) in [7, 11) is 0. The fourth-order valence-electron chi connectivity index (χ4n) is 2.11. The number of halogens is 1. The molecule has 6 heteroatoms. The van der Waals surface area contributed by atoms with Crippen LogP contribution in [0, 0.1) is 0 Å². The molecule has 0 fully saturated rings. The fraction of sp³-hybridized carbons (Fsp3) is 0.400. The van der Waals surface area contributed by atoms with E-state index >= 15 is 0 Å². The number of aromatic amines is 1. The van der Waals surface area contributed by atoms with Crippen LogP contribution in [0.3, 0.4) is 0 Å². The molecule has 1 heterocycles. The van der Waals surface area contributed by atoms with Gasteiger partial charge in [-0.15, -0.1) is 5.10 Å². The number of nitrogens with zero attached hydrogens (tertiary/aromatic N) is 2. The lowest BCUT2D eigenvalue weighted by molar-refractivity contribution is 0.0925. The zero-order valence-electron chi connectivity index (χ0n) is 12.2. The Labute approximate surface area is 129 Å². The molecule has 112 valence electrons. The molecule has 2 aromatic rings. The van der Waals surface area contributed by atoms with E-state index < -0.39 is 0 Å². The second-order valence-corrected chi connectivity index (χ2v) is 5.28. The van der Waals surface area contributed by atoms with Gasteiger partial charge >= 0.3 is 0 Å². The smallest absolute Gasteiger partial charge is 0.291 e. The molecule has 0 aliphatic rings. The third-order valence-electron chi connectivity index (χ3n) is 3.19. The van der Waals surface area contributed by atoms with Crippen molar-refractivity contribution in [3.63, 3.8) is 0 Å². The summed E-state index contributed by atoms with van der Waals surface area (Å²) < 4.78 is 0. The van der Waals surface area contributed by atoms with Crippen LogP contribution in [0.15, 0.2) is 24.3 Å². The number of H-pyrrole nitrogens is 1. The Kier molecular flexibility index (Phi) is 5.33. The fourth-order valence-corrected chi connectivity index (χ4v) is 2.31. The van der Waals surface area contributed by atoms with E-state index in [2.05, 4.69) is 27.4 Å². The van der Waals surface area contributed by atoms with Crippen LogP contribution < -0.4 is 5.32 Å². The Morgan fingerprint density at radius 1 is 1.43 bits per heavy atom. The van der Waals surface area contributed by atoms with Crippen molar-refractivity contribution in [1.82, 2.24) is 20.5 Å². The molecule has 1 amide bonds. The van der Waals surface area contributed by atoms with Gasteiger partial charge in [0.05, 0.1) is 6.04 Å². The predicted octanol–water partition coefficient (Wildman–Crippen LogP) is 3.29. The van der Waals surface area contributed by atoms with Crippen molar-refractivity contribution in [3.8, 4) is 0 Å². The van der Waals surface area contributed by atoms with Gasteiger partial charge in [0.15, 0.2) is 0 Å². The van der Waals surface area contributed by atoms with E-state index in [9.17, 15) is 4.79 Å². The molecule has 0 saturated carbocycles. The van der Waals surface area contributed by atoms with E-state index in [1.54, 1.807) is 0 Å². The molecule has 0 aliphatic carbocycles. The molecule has 2 rings (SSSR count). The van der Waals surface area contributed by atoms with E-state index in [4.69, 9.17) is 11.6 Å². The van der Waals surface area contributed by atoms with Gasteiger partial charge in [0.1, 0.15) is 5.82 Å². The number of carbonyl (C=O) groups excluding carboxylic acids is 1. The monoisotopic (exact) mass is 306 g/mol. The van der Waals surface area contributed by atoms with Gasteiger partial charge in [-0.05, 0) is 30.5 Å². The largest absolute Gasteiger partial charge is 0.342 e. The second-order valence-electron chi connectivity index (χ2n) is 4.85. The van der Waals surface area contributed by atoms with E-state index in [0.717, 1.165) is 30.7 Å². The molecule has 0 radical (unpaired) electrons. The number of nitrogens with one attached hydrogen (secondary N) is 2. The molecule has 2 N–H and O–H groups in total. The summed E-state index contributed by atoms with van der Waals surface area (Å²) in [5.41, 5.74) is 0.975. The maximum absolute atomic E-state index is 12.2. The van der Waals surface area contributed by atoms with E-state index in [1.807, 2.05) is 31.2 Å². The number of hydrogen-bond acceptors (Lipinski definition) is 3. The minimum absolute atomic E-state index is 0.107. The van der Waals surface area contributed by atoms with Crippen LogP contribution in [0.25, 0.3) is 0 Å². The summed E-state index contributed by atoms with van der Waals surface area (Å²) >= 11 is 6.00. The Morgan fingerprint density at radius 2 is 2.24 bits per heavy atom. The molecular formula is C15H19ClN4O. The van der Waals surface area contributed by atoms with Crippen molar-refractivity contribution in [1.29, 1.82) is 0 Å². The highest BCUT2D eigenvalue weighted by atomic mass is 35.5. The first-order chi connectivity index (χ1) is 10.1. The van der Waals surface area contributed by atoms with Gasteiger partial charge in [-0.2, -0.15) is 0 Å². The van der Waals surface area contributed by atoms with Crippen molar-refractivity contribution in [2.75, 3.05) is 0 Å². The molecule has 0 bridgehead atoms. The third kappa shape index (κ3) is 4.04. The van der Waals surface area contributed by atoms with Crippen molar-refractivity contribution < 1.29 is 4.79 Å². The number of aryl methyl sites for hydroxylation is 1. The summed E-state index contributed by atoms with van der Waals surface area (Å²) in [6.45, 7) is 4.06. The Hall–Kier alpha value is -1.88. The summed E-state index contributed by atoms with van der Waals surface area (Å²) in [6, 6.07) is 7.38.